The third-order valence-corrected chi connectivity index (χ3v) is 5.11. The number of ether oxygens (including phenoxy) is 1. The van der Waals surface area contributed by atoms with Crippen molar-refractivity contribution in [2.24, 2.45) is 11.8 Å². The molecule has 0 spiro atoms. The minimum absolute atomic E-state index is 0.0150. The lowest BCUT2D eigenvalue weighted by Crippen LogP contribution is -2.16. The number of anilines is 3. The van der Waals surface area contributed by atoms with Crippen LogP contribution in [0.2, 0.25) is 0 Å². The summed E-state index contributed by atoms with van der Waals surface area (Å²) in [6.07, 6.45) is -2.20. The Balaban J connectivity index is 1.49. The molecule has 0 bridgehead atoms. The highest BCUT2D eigenvalue weighted by molar-refractivity contribution is 5.58. The first-order chi connectivity index (χ1) is 14.9. The summed E-state index contributed by atoms with van der Waals surface area (Å²) in [6, 6.07) is 4.78. The summed E-state index contributed by atoms with van der Waals surface area (Å²) in [5.41, 5.74) is -0.852. The van der Waals surface area contributed by atoms with Crippen molar-refractivity contribution in [3.05, 3.63) is 48.2 Å². The van der Waals surface area contributed by atoms with Crippen LogP contribution in [-0.4, -0.2) is 44.2 Å². The summed E-state index contributed by atoms with van der Waals surface area (Å²) >= 11 is 0. The van der Waals surface area contributed by atoms with Crippen molar-refractivity contribution in [3.63, 3.8) is 0 Å². The van der Waals surface area contributed by atoms with Crippen LogP contribution in [0.5, 0.6) is 0 Å². The predicted molar refractivity (Wildman–Crippen MR) is 101 cm³/mol. The zero-order valence-corrected chi connectivity index (χ0v) is 15.8. The first kappa shape index (κ1) is 19.5. The molecule has 0 radical (unpaired) electrons. The Morgan fingerprint density at radius 2 is 1.74 bits per heavy atom. The van der Waals surface area contributed by atoms with Gasteiger partial charge in [-0.3, -0.25) is 4.98 Å². The number of pyridine rings is 2. The van der Waals surface area contributed by atoms with Crippen molar-refractivity contribution in [1.82, 2.24) is 24.9 Å². The molecule has 31 heavy (non-hydrogen) atoms. The zero-order chi connectivity index (χ0) is 21.6. The molecule has 1 aliphatic heterocycles. The van der Waals surface area contributed by atoms with Gasteiger partial charge in [0.25, 0.3) is 0 Å². The maximum absolute atomic E-state index is 13.5. The van der Waals surface area contributed by atoms with Crippen molar-refractivity contribution in [2.75, 3.05) is 23.8 Å². The second-order valence-corrected chi connectivity index (χ2v) is 7.26. The van der Waals surface area contributed by atoms with E-state index < -0.39 is 17.7 Å². The molecule has 3 aromatic heterocycles. The molecule has 1 saturated heterocycles. The number of alkyl halides is 3. The topological polar surface area (TPSA) is 97.7 Å². The van der Waals surface area contributed by atoms with Crippen LogP contribution in [0, 0.1) is 17.7 Å². The smallest absolute Gasteiger partial charge is 0.381 e. The minimum Gasteiger partial charge on any atom is -0.381 e. The Labute approximate surface area is 173 Å². The zero-order valence-electron chi connectivity index (χ0n) is 15.8. The maximum Gasteiger partial charge on any atom is 0.433 e. The molecule has 1 aliphatic carbocycles. The van der Waals surface area contributed by atoms with E-state index in [2.05, 4.69) is 35.6 Å². The van der Waals surface area contributed by atoms with Gasteiger partial charge in [-0.2, -0.15) is 28.1 Å². The lowest BCUT2D eigenvalue weighted by atomic mass is 10.3. The lowest BCUT2D eigenvalue weighted by Gasteiger charge is -2.12. The van der Waals surface area contributed by atoms with Gasteiger partial charge in [0.15, 0.2) is 5.82 Å². The van der Waals surface area contributed by atoms with E-state index in [0.717, 1.165) is 12.3 Å². The highest BCUT2D eigenvalue weighted by Crippen LogP contribution is 2.45. The van der Waals surface area contributed by atoms with Crippen LogP contribution < -0.4 is 10.6 Å². The van der Waals surface area contributed by atoms with Crippen LogP contribution >= 0.6 is 0 Å². The predicted octanol–water partition coefficient (Wildman–Crippen LogP) is 3.29. The monoisotopic (exact) mass is 433 g/mol. The second kappa shape index (κ2) is 7.38. The van der Waals surface area contributed by atoms with E-state index >= 15 is 0 Å². The average molecular weight is 433 g/mol. The fourth-order valence-corrected chi connectivity index (χ4v) is 3.54. The largest absolute Gasteiger partial charge is 0.433 e. The molecule has 4 heterocycles. The maximum atomic E-state index is 13.5. The van der Waals surface area contributed by atoms with Gasteiger partial charge in [0.2, 0.25) is 11.9 Å². The number of hydrogen-bond donors (Lipinski definition) is 2. The third kappa shape index (κ3) is 4.10. The first-order valence-corrected chi connectivity index (χ1v) is 9.39. The third-order valence-electron chi connectivity index (χ3n) is 5.11. The average Bonchev–Trinajstić information content (AvgIpc) is 3.14. The Kier molecular flexibility index (Phi) is 4.65. The van der Waals surface area contributed by atoms with E-state index in [1.54, 1.807) is 0 Å². The lowest BCUT2D eigenvalue weighted by molar-refractivity contribution is -0.141. The van der Waals surface area contributed by atoms with E-state index in [1.165, 1.54) is 24.4 Å². The molecule has 2 aliphatic rings. The molecule has 2 fully saturated rings. The van der Waals surface area contributed by atoms with Crippen molar-refractivity contribution >= 4 is 17.6 Å². The molecule has 1 saturated carbocycles. The Morgan fingerprint density at radius 1 is 0.968 bits per heavy atom. The summed E-state index contributed by atoms with van der Waals surface area (Å²) in [5, 5.41) is 5.99. The van der Waals surface area contributed by atoms with Gasteiger partial charge in [-0.25, -0.2) is 9.37 Å². The van der Waals surface area contributed by atoms with Gasteiger partial charge < -0.3 is 15.4 Å². The van der Waals surface area contributed by atoms with E-state index in [1.807, 2.05) is 0 Å². The van der Waals surface area contributed by atoms with Crippen LogP contribution in [0.1, 0.15) is 5.69 Å². The summed E-state index contributed by atoms with van der Waals surface area (Å²) < 4.78 is 58.1. The van der Waals surface area contributed by atoms with Crippen LogP contribution in [0.25, 0.3) is 11.5 Å². The van der Waals surface area contributed by atoms with Crippen LogP contribution in [0.3, 0.4) is 0 Å². The van der Waals surface area contributed by atoms with E-state index in [0.29, 0.717) is 25.0 Å². The second-order valence-electron chi connectivity index (χ2n) is 7.26. The highest BCUT2D eigenvalue weighted by Gasteiger charge is 2.54. The summed E-state index contributed by atoms with van der Waals surface area (Å²) in [4.78, 5) is 20.1. The molecule has 2 atom stereocenters. The van der Waals surface area contributed by atoms with E-state index in [9.17, 15) is 17.6 Å². The van der Waals surface area contributed by atoms with Crippen LogP contribution in [0.15, 0.2) is 36.7 Å². The van der Waals surface area contributed by atoms with E-state index in [-0.39, 0.29) is 35.1 Å². The minimum atomic E-state index is -4.61. The summed E-state index contributed by atoms with van der Waals surface area (Å²) in [7, 11) is 0. The first-order valence-electron chi connectivity index (χ1n) is 9.39. The van der Waals surface area contributed by atoms with Crippen molar-refractivity contribution in [3.8, 4) is 11.5 Å². The number of rotatable bonds is 5. The molecule has 3 aromatic rings. The molecule has 5 rings (SSSR count). The normalized spacial score (nSPS) is 22.1. The number of nitrogens with one attached hydrogen (secondary N) is 2. The number of nitrogens with zero attached hydrogens (tertiary/aromatic N) is 5. The molecule has 0 amide bonds. The Bertz CT molecular complexity index is 1120. The fourth-order valence-electron chi connectivity index (χ4n) is 3.54. The standard InChI is InChI=1S/C19H15F4N7O/c20-9-4-10(6-24-5-9)25-17-28-16(13-2-1-3-14(26-13)19(21,22)23)29-18(30-17)27-15-11-7-31-8-12(11)15/h1-6,11-12,15H,7-8H2,(H2,25,27,28,29,30). The molecule has 0 aromatic carbocycles. The number of halogens is 4. The van der Waals surface area contributed by atoms with Gasteiger partial charge in [-0.1, -0.05) is 6.07 Å². The number of aromatic nitrogens is 5. The van der Waals surface area contributed by atoms with Gasteiger partial charge in [0.1, 0.15) is 17.2 Å². The SMILES string of the molecule is Fc1cncc(Nc2nc(NC3C4COCC43)nc(-c3cccc(C(F)(F)F)n3)n2)c1. The molecule has 2 unspecified atom stereocenters. The van der Waals surface area contributed by atoms with E-state index in [4.69, 9.17) is 4.74 Å². The molecular formula is C19H15F4N7O. The summed E-state index contributed by atoms with van der Waals surface area (Å²) in [5.74, 6) is 0.253. The van der Waals surface area contributed by atoms with Gasteiger partial charge in [0.05, 0.1) is 31.3 Å². The molecule has 8 nitrogen and oxygen atoms in total. The van der Waals surface area contributed by atoms with Gasteiger partial charge in [-0.15, -0.1) is 0 Å². The Morgan fingerprint density at radius 3 is 2.48 bits per heavy atom. The quantitative estimate of drug-likeness (QED) is 0.592. The van der Waals surface area contributed by atoms with Gasteiger partial charge in [0, 0.05) is 23.9 Å². The van der Waals surface area contributed by atoms with Crippen LogP contribution in [0.4, 0.5) is 35.1 Å². The molecule has 160 valence electrons. The van der Waals surface area contributed by atoms with Crippen molar-refractivity contribution in [1.29, 1.82) is 0 Å². The molecular weight excluding hydrogens is 418 g/mol. The molecule has 2 N–H and O–H groups in total. The van der Waals surface area contributed by atoms with Crippen molar-refractivity contribution < 1.29 is 22.3 Å². The number of fused-ring (bicyclic) bond motifs is 1. The molecule has 12 heteroatoms. The van der Waals surface area contributed by atoms with Crippen molar-refractivity contribution in [2.45, 2.75) is 12.2 Å². The van der Waals surface area contributed by atoms with Gasteiger partial charge >= 0.3 is 6.18 Å². The Hall–Kier alpha value is -3.41. The number of hydrogen-bond acceptors (Lipinski definition) is 8. The van der Waals surface area contributed by atoms with Crippen LogP contribution in [-0.2, 0) is 10.9 Å². The summed E-state index contributed by atoms with van der Waals surface area (Å²) in [6.45, 7) is 1.27. The fraction of sp³-hybridized carbons (Fsp3) is 0.316. The highest BCUT2D eigenvalue weighted by atomic mass is 19.4. The van der Waals surface area contributed by atoms with Gasteiger partial charge in [-0.05, 0) is 12.1 Å².